The van der Waals surface area contributed by atoms with Crippen LogP contribution in [0.15, 0.2) is 24.3 Å². The van der Waals surface area contributed by atoms with Crippen molar-refractivity contribution in [1.29, 1.82) is 0 Å². The average Bonchev–Trinajstić information content (AvgIpc) is 2.14. The van der Waals surface area contributed by atoms with Gasteiger partial charge in [-0.15, -0.1) is 0 Å². The van der Waals surface area contributed by atoms with Crippen LogP contribution < -0.4 is 0 Å². The van der Waals surface area contributed by atoms with Gasteiger partial charge in [0.25, 0.3) is 0 Å². The lowest BCUT2D eigenvalue weighted by Crippen LogP contribution is -1.92. The van der Waals surface area contributed by atoms with Crippen LogP contribution in [0.5, 0.6) is 0 Å². The summed E-state index contributed by atoms with van der Waals surface area (Å²) < 4.78 is 13.0. The van der Waals surface area contributed by atoms with E-state index in [9.17, 15) is 14.5 Å². The topological polar surface area (TPSA) is 63.4 Å². The standard InChI is InChI=1S/C9H8FNO3/c10-8-6-7(2-1-5-12)3-4-9(8)11(13)14/h1-4,6,12H,5H2/b2-1+. The van der Waals surface area contributed by atoms with Gasteiger partial charge in [-0.25, -0.2) is 0 Å². The molecule has 1 rings (SSSR count). The molecule has 0 aliphatic heterocycles. The summed E-state index contributed by atoms with van der Waals surface area (Å²) in [5.41, 5.74) is -0.0756. The number of hydrogen-bond donors (Lipinski definition) is 1. The summed E-state index contributed by atoms with van der Waals surface area (Å²) in [5.74, 6) is -0.880. The molecular weight excluding hydrogens is 189 g/mol. The van der Waals surface area contributed by atoms with Crippen molar-refractivity contribution >= 4 is 11.8 Å². The first-order valence-electron chi connectivity index (χ1n) is 3.86. The van der Waals surface area contributed by atoms with Gasteiger partial charge in [0.1, 0.15) is 0 Å². The maximum atomic E-state index is 13.0. The second-order valence-corrected chi connectivity index (χ2v) is 2.55. The molecule has 0 aromatic heterocycles. The molecule has 1 aromatic rings. The number of nitrogens with zero attached hydrogens (tertiary/aromatic N) is 1. The second-order valence-electron chi connectivity index (χ2n) is 2.55. The highest BCUT2D eigenvalue weighted by Gasteiger charge is 2.12. The highest BCUT2D eigenvalue weighted by molar-refractivity contribution is 5.52. The number of aliphatic hydroxyl groups is 1. The Balaban J connectivity index is 3.00. The molecule has 4 nitrogen and oxygen atoms in total. The smallest absolute Gasteiger partial charge is 0.304 e. The number of benzene rings is 1. The molecule has 0 atom stereocenters. The van der Waals surface area contributed by atoms with Crippen LogP contribution in [0, 0.1) is 15.9 Å². The monoisotopic (exact) mass is 197 g/mol. The molecule has 0 aliphatic rings. The Bertz CT molecular complexity index is 376. The van der Waals surface area contributed by atoms with E-state index in [2.05, 4.69) is 0 Å². The molecule has 0 fully saturated rings. The van der Waals surface area contributed by atoms with Crippen molar-refractivity contribution < 1.29 is 14.4 Å². The molecule has 0 spiro atoms. The Hall–Kier alpha value is -1.75. The van der Waals surface area contributed by atoms with Crippen molar-refractivity contribution in [1.82, 2.24) is 0 Å². The fraction of sp³-hybridized carbons (Fsp3) is 0.111. The van der Waals surface area contributed by atoms with E-state index in [1.54, 1.807) is 0 Å². The summed E-state index contributed by atoms with van der Waals surface area (Å²) in [5, 5.41) is 18.7. The molecule has 0 bridgehead atoms. The van der Waals surface area contributed by atoms with E-state index >= 15 is 0 Å². The van der Waals surface area contributed by atoms with Crippen LogP contribution in [0.1, 0.15) is 5.56 Å². The van der Waals surface area contributed by atoms with Crippen molar-refractivity contribution in [2.45, 2.75) is 0 Å². The van der Waals surface area contributed by atoms with E-state index in [-0.39, 0.29) is 6.61 Å². The molecule has 1 N–H and O–H groups in total. The average molecular weight is 197 g/mol. The van der Waals surface area contributed by atoms with E-state index < -0.39 is 16.4 Å². The Kier molecular flexibility index (Phi) is 3.30. The molecule has 0 aliphatic carbocycles. The normalized spacial score (nSPS) is 10.7. The summed E-state index contributed by atoms with van der Waals surface area (Å²) in [7, 11) is 0. The molecule has 0 saturated carbocycles. The third-order valence-electron chi connectivity index (χ3n) is 1.58. The molecule has 1 aromatic carbocycles. The Morgan fingerprint density at radius 2 is 2.29 bits per heavy atom. The van der Waals surface area contributed by atoms with E-state index in [0.29, 0.717) is 5.56 Å². The molecule has 0 unspecified atom stereocenters. The highest BCUT2D eigenvalue weighted by atomic mass is 19.1. The van der Waals surface area contributed by atoms with Crippen LogP contribution in [0.3, 0.4) is 0 Å². The molecular formula is C9H8FNO3. The van der Waals surface area contributed by atoms with Gasteiger partial charge in [0.2, 0.25) is 5.82 Å². The van der Waals surface area contributed by atoms with Crippen LogP contribution >= 0.6 is 0 Å². The van der Waals surface area contributed by atoms with Crippen LogP contribution in [0.25, 0.3) is 6.08 Å². The summed E-state index contributed by atoms with van der Waals surface area (Å²) in [6.07, 6.45) is 2.90. The number of rotatable bonds is 3. The van der Waals surface area contributed by atoms with Crippen LogP contribution in [-0.4, -0.2) is 16.6 Å². The summed E-state index contributed by atoms with van der Waals surface area (Å²) >= 11 is 0. The van der Waals surface area contributed by atoms with Gasteiger partial charge in [-0.2, -0.15) is 4.39 Å². The number of halogens is 1. The molecule has 0 amide bonds. The van der Waals surface area contributed by atoms with E-state index in [4.69, 9.17) is 5.11 Å². The lowest BCUT2D eigenvalue weighted by Gasteiger charge is -1.95. The van der Waals surface area contributed by atoms with Gasteiger partial charge < -0.3 is 5.11 Å². The highest BCUT2D eigenvalue weighted by Crippen LogP contribution is 2.18. The molecule has 74 valence electrons. The Morgan fingerprint density at radius 1 is 1.57 bits per heavy atom. The van der Waals surface area contributed by atoms with E-state index in [1.165, 1.54) is 18.2 Å². The third kappa shape index (κ3) is 2.37. The quantitative estimate of drug-likeness (QED) is 0.592. The minimum Gasteiger partial charge on any atom is -0.392 e. The summed E-state index contributed by atoms with van der Waals surface area (Å²) in [4.78, 5) is 9.47. The maximum absolute atomic E-state index is 13.0. The van der Waals surface area contributed by atoms with Crippen LogP contribution in [-0.2, 0) is 0 Å². The summed E-state index contributed by atoms with van der Waals surface area (Å²) in [6.45, 7) is -0.154. The van der Waals surface area contributed by atoms with Gasteiger partial charge in [-0.1, -0.05) is 12.2 Å². The predicted molar refractivity (Wildman–Crippen MR) is 49.2 cm³/mol. The largest absolute Gasteiger partial charge is 0.392 e. The zero-order valence-electron chi connectivity index (χ0n) is 7.18. The Morgan fingerprint density at radius 3 is 2.79 bits per heavy atom. The molecule has 5 heteroatoms. The molecule has 0 saturated heterocycles. The van der Waals surface area contributed by atoms with Crippen molar-refractivity contribution in [2.24, 2.45) is 0 Å². The maximum Gasteiger partial charge on any atom is 0.304 e. The van der Waals surface area contributed by atoms with Gasteiger partial charge in [0.15, 0.2) is 0 Å². The number of nitro groups is 1. The fourth-order valence-corrected chi connectivity index (χ4v) is 0.964. The van der Waals surface area contributed by atoms with Crippen LogP contribution in [0.2, 0.25) is 0 Å². The predicted octanol–water partition coefficient (Wildman–Crippen LogP) is 1.74. The third-order valence-corrected chi connectivity index (χ3v) is 1.58. The van der Waals surface area contributed by atoms with Gasteiger partial charge in [-0.3, -0.25) is 10.1 Å². The van der Waals surface area contributed by atoms with Crippen molar-refractivity contribution in [3.8, 4) is 0 Å². The fourth-order valence-electron chi connectivity index (χ4n) is 0.964. The zero-order valence-corrected chi connectivity index (χ0v) is 7.18. The Labute approximate surface area is 79.4 Å². The lowest BCUT2D eigenvalue weighted by molar-refractivity contribution is -0.387. The molecule has 14 heavy (non-hydrogen) atoms. The van der Waals surface area contributed by atoms with E-state index in [0.717, 1.165) is 12.1 Å². The minimum atomic E-state index is -0.880. The van der Waals surface area contributed by atoms with Crippen molar-refractivity contribution in [3.05, 3.63) is 45.8 Å². The zero-order chi connectivity index (χ0) is 10.6. The first-order valence-corrected chi connectivity index (χ1v) is 3.86. The minimum absolute atomic E-state index is 0.154. The van der Waals surface area contributed by atoms with Gasteiger partial charge in [0.05, 0.1) is 11.5 Å². The van der Waals surface area contributed by atoms with Crippen LogP contribution in [0.4, 0.5) is 10.1 Å². The van der Waals surface area contributed by atoms with Gasteiger partial charge in [-0.05, 0) is 17.7 Å². The number of hydrogen-bond acceptors (Lipinski definition) is 3. The molecule has 0 heterocycles. The SMILES string of the molecule is O=[N+]([O-])c1ccc(/C=C/CO)cc1F. The van der Waals surface area contributed by atoms with Gasteiger partial charge in [0, 0.05) is 6.07 Å². The first kappa shape index (κ1) is 10.3. The van der Waals surface area contributed by atoms with E-state index in [1.807, 2.05) is 0 Å². The van der Waals surface area contributed by atoms with Gasteiger partial charge >= 0.3 is 5.69 Å². The second kappa shape index (κ2) is 4.48. The lowest BCUT2D eigenvalue weighted by atomic mass is 10.2. The summed E-state index contributed by atoms with van der Waals surface area (Å²) in [6, 6.07) is 3.55. The van der Waals surface area contributed by atoms with Crippen molar-refractivity contribution in [2.75, 3.05) is 6.61 Å². The molecule has 0 radical (unpaired) electrons. The number of nitro benzene ring substituents is 1. The van der Waals surface area contributed by atoms with Crippen molar-refractivity contribution in [3.63, 3.8) is 0 Å². The first-order chi connectivity index (χ1) is 6.65. The number of aliphatic hydroxyl groups excluding tert-OH is 1.